The highest BCUT2D eigenvalue weighted by molar-refractivity contribution is 6.00. The molecule has 4 aliphatic heterocycles. The smallest absolute Gasteiger partial charge is 0.253 e. The van der Waals surface area contributed by atoms with Crippen LogP contribution in [0.4, 0.5) is 5.82 Å². The van der Waals surface area contributed by atoms with Gasteiger partial charge in [-0.3, -0.25) is 24.7 Å². The standard InChI is InChI=1S/C47H52N8O7/c1-46(2)44(47(3)33-13-16-49-39-26(22-48)5-10-35(38(33)39)62-45(46)47)52-40(57)27-6-11-36(50-23-27)54-17-14-25(15-18-54)24-53(4)28-19-30(20-28)61-29-7-8-31-32(21-29)43(60)55(42(31)59)34-9-12-37(56)51-41(34)58/h5-8,10-11,13,16,21,23,25,28,30,34,42-45,59-60H,9,12,14-15,17-20,24H2,1-4H3,(H,52,57)(H,51,56,58)/t28-,30-,34?,42?,43?,44?,45-,47?/m0/s1. The number of aromatic nitrogens is 2. The number of benzene rings is 2. The van der Waals surface area contributed by atoms with E-state index < -0.39 is 29.8 Å². The van der Waals surface area contributed by atoms with Crippen molar-refractivity contribution in [2.45, 2.75) is 108 Å². The Morgan fingerprint density at radius 3 is 2.53 bits per heavy atom. The maximum Gasteiger partial charge on any atom is 0.253 e. The van der Waals surface area contributed by atoms with Gasteiger partial charge in [-0.1, -0.05) is 19.9 Å². The first kappa shape index (κ1) is 40.4. The number of piperidine rings is 2. The van der Waals surface area contributed by atoms with Crippen LogP contribution in [0, 0.1) is 22.7 Å². The molecule has 5 unspecified atom stereocenters. The third kappa shape index (κ3) is 6.41. The molecule has 3 amide bonds. The van der Waals surface area contributed by atoms with Crippen LogP contribution in [0.15, 0.2) is 60.9 Å². The van der Waals surface area contributed by atoms with Crippen molar-refractivity contribution in [1.82, 2.24) is 30.4 Å². The predicted octanol–water partition coefficient (Wildman–Crippen LogP) is 4.22. The fourth-order valence-electron chi connectivity index (χ4n) is 11.5. The van der Waals surface area contributed by atoms with Gasteiger partial charge >= 0.3 is 0 Å². The summed E-state index contributed by atoms with van der Waals surface area (Å²) in [6.07, 6.45) is 5.19. The highest BCUT2D eigenvalue weighted by Crippen LogP contribution is 2.61. The first-order chi connectivity index (χ1) is 29.8. The van der Waals surface area contributed by atoms with Gasteiger partial charge in [-0.25, -0.2) is 9.88 Å². The lowest BCUT2D eigenvalue weighted by atomic mass is 9.45. The largest absolute Gasteiger partial charge is 0.490 e. The molecule has 6 atom stereocenters. The maximum atomic E-state index is 13.8. The van der Waals surface area contributed by atoms with E-state index in [0.29, 0.717) is 45.5 Å². The van der Waals surface area contributed by atoms with E-state index in [1.807, 2.05) is 24.3 Å². The Morgan fingerprint density at radius 1 is 1.03 bits per heavy atom. The Labute approximate surface area is 360 Å². The van der Waals surface area contributed by atoms with Gasteiger partial charge in [0.1, 0.15) is 48.0 Å². The summed E-state index contributed by atoms with van der Waals surface area (Å²) in [5.41, 5.74) is 2.80. The molecule has 15 nitrogen and oxygen atoms in total. The molecule has 4 aromatic rings. The number of nitrogens with zero attached hydrogens (tertiary/aromatic N) is 6. The van der Waals surface area contributed by atoms with E-state index in [1.165, 1.54) is 4.90 Å². The number of hydrogen-bond donors (Lipinski definition) is 4. The van der Waals surface area contributed by atoms with Crippen molar-refractivity contribution in [1.29, 1.82) is 5.26 Å². The molecule has 4 fully saturated rings. The molecule has 322 valence electrons. The Kier molecular flexibility index (Phi) is 9.78. The van der Waals surface area contributed by atoms with Crippen LogP contribution >= 0.6 is 0 Å². The first-order valence-corrected chi connectivity index (χ1v) is 21.7. The van der Waals surface area contributed by atoms with Gasteiger partial charge in [-0.2, -0.15) is 5.26 Å². The van der Waals surface area contributed by atoms with Gasteiger partial charge in [0.2, 0.25) is 11.8 Å². The van der Waals surface area contributed by atoms with Gasteiger partial charge in [0.15, 0.2) is 0 Å². The number of nitrogens with one attached hydrogen (secondary N) is 2. The zero-order chi connectivity index (χ0) is 43.2. The molecule has 6 aliphatic rings. The van der Waals surface area contributed by atoms with Crippen LogP contribution in [0.1, 0.15) is 104 Å². The minimum absolute atomic E-state index is 0.0401. The van der Waals surface area contributed by atoms with Crippen molar-refractivity contribution in [3.63, 3.8) is 0 Å². The number of imide groups is 1. The van der Waals surface area contributed by atoms with Crippen LogP contribution in [0.5, 0.6) is 11.5 Å². The fourth-order valence-corrected chi connectivity index (χ4v) is 11.5. The number of rotatable bonds is 9. The van der Waals surface area contributed by atoms with E-state index in [-0.39, 0.29) is 48.3 Å². The SMILES string of the molecule is CN(CC1CCN(c2ccc(C(=O)NC3C(C)(C)[C@@H]4Oc5ccc(C#N)c6nccc(c56)C34C)cn2)CC1)[C@H]1C[C@H](Oc2ccc3c(c2)C(O)N(C2CCC(=O)NC2=O)C3O)C1. The van der Waals surface area contributed by atoms with Crippen molar-refractivity contribution in [2.24, 2.45) is 11.3 Å². The number of fused-ring (bicyclic) bond motifs is 3. The monoisotopic (exact) mass is 840 g/mol. The molecule has 15 heteroatoms. The van der Waals surface area contributed by atoms with Crippen LogP contribution in [0.3, 0.4) is 0 Å². The van der Waals surface area contributed by atoms with Gasteiger partial charge in [0, 0.05) is 79.3 Å². The summed E-state index contributed by atoms with van der Waals surface area (Å²) in [7, 11) is 2.18. The summed E-state index contributed by atoms with van der Waals surface area (Å²) >= 11 is 0. The van der Waals surface area contributed by atoms with Crippen LogP contribution in [0.2, 0.25) is 0 Å². The molecular weight excluding hydrogens is 789 g/mol. The Bertz CT molecular complexity index is 2510. The minimum Gasteiger partial charge on any atom is -0.490 e. The topological polar surface area (TPSA) is 193 Å². The van der Waals surface area contributed by atoms with Gasteiger partial charge in [0.25, 0.3) is 5.91 Å². The third-order valence-corrected chi connectivity index (χ3v) is 14.9. The third-order valence-electron chi connectivity index (χ3n) is 14.9. The highest BCUT2D eigenvalue weighted by Gasteiger charge is 2.69. The summed E-state index contributed by atoms with van der Waals surface area (Å²) in [5, 5.41) is 38.3. The molecule has 2 aromatic heterocycles. The average molecular weight is 841 g/mol. The number of amides is 3. The second-order valence-corrected chi connectivity index (χ2v) is 18.9. The molecule has 2 saturated heterocycles. The molecule has 10 rings (SSSR count). The van der Waals surface area contributed by atoms with E-state index in [9.17, 15) is 29.9 Å². The summed E-state index contributed by atoms with van der Waals surface area (Å²) in [6.45, 7) is 9.15. The average Bonchev–Trinajstić information content (AvgIpc) is 3.50. The summed E-state index contributed by atoms with van der Waals surface area (Å²) in [4.78, 5) is 53.3. The fraction of sp³-hybridized carbons (Fsp3) is 0.489. The number of hydrogen-bond acceptors (Lipinski definition) is 13. The molecule has 62 heavy (non-hydrogen) atoms. The van der Waals surface area contributed by atoms with E-state index in [4.69, 9.17) is 14.5 Å². The molecule has 0 radical (unpaired) electrons. The van der Waals surface area contributed by atoms with E-state index in [2.05, 4.69) is 59.3 Å². The van der Waals surface area contributed by atoms with Crippen molar-refractivity contribution in [3.05, 3.63) is 88.7 Å². The lowest BCUT2D eigenvalue weighted by Crippen LogP contribution is -2.78. The molecule has 2 aromatic carbocycles. The number of ether oxygens (including phenoxy) is 2. The number of pyridine rings is 2. The van der Waals surface area contributed by atoms with Gasteiger partial charge < -0.3 is 34.8 Å². The Hall–Kier alpha value is -5.66. The zero-order valence-corrected chi connectivity index (χ0v) is 35.4. The molecular formula is C47H52N8O7. The number of carbonyl (C=O) groups excluding carboxylic acids is 3. The van der Waals surface area contributed by atoms with Crippen LogP contribution in [0.25, 0.3) is 10.9 Å². The normalized spacial score (nSPS) is 30.0. The minimum atomic E-state index is -1.19. The van der Waals surface area contributed by atoms with Gasteiger partial charge in [-0.05, 0) is 87.2 Å². The summed E-state index contributed by atoms with van der Waals surface area (Å²) in [6, 6.07) is 16.3. The van der Waals surface area contributed by atoms with Crippen LogP contribution < -0.4 is 25.0 Å². The Balaban J connectivity index is 0.698. The van der Waals surface area contributed by atoms with Crippen molar-refractivity contribution < 1.29 is 34.1 Å². The molecule has 0 bridgehead atoms. The molecule has 0 spiro atoms. The van der Waals surface area contributed by atoms with Crippen LogP contribution in [-0.4, -0.2) is 105 Å². The molecule has 4 N–H and O–H groups in total. The number of aliphatic hydroxyl groups excluding tert-OH is 2. The lowest BCUT2D eigenvalue weighted by Gasteiger charge is -2.66. The molecule has 2 aliphatic carbocycles. The predicted molar refractivity (Wildman–Crippen MR) is 227 cm³/mol. The maximum absolute atomic E-state index is 13.8. The Morgan fingerprint density at radius 2 is 1.81 bits per heavy atom. The van der Waals surface area contributed by atoms with Gasteiger partial charge in [0.05, 0.1) is 34.1 Å². The van der Waals surface area contributed by atoms with Crippen LogP contribution in [-0.2, 0) is 15.0 Å². The first-order valence-electron chi connectivity index (χ1n) is 21.7. The van der Waals surface area contributed by atoms with Crippen molar-refractivity contribution in [3.8, 4) is 17.6 Å². The molecule has 6 heterocycles. The second kappa shape index (κ2) is 15.0. The lowest BCUT2D eigenvalue weighted by molar-refractivity contribution is -0.154. The van der Waals surface area contributed by atoms with E-state index >= 15 is 0 Å². The number of anilines is 1. The van der Waals surface area contributed by atoms with E-state index in [1.54, 1.807) is 36.7 Å². The van der Waals surface area contributed by atoms with Crippen molar-refractivity contribution >= 4 is 34.4 Å². The zero-order valence-electron chi connectivity index (χ0n) is 35.4. The summed E-state index contributed by atoms with van der Waals surface area (Å²) in [5.74, 6) is 1.72. The van der Waals surface area contributed by atoms with E-state index in [0.717, 1.165) is 67.8 Å². The highest BCUT2D eigenvalue weighted by atomic mass is 16.5. The summed E-state index contributed by atoms with van der Waals surface area (Å²) < 4.78 is 12.9. The van der Waals surface area contributed by atoms with Crippen molar-refractivity contribution in [2.75, 3.05) is 31.6 Å². The number of carbonyl (C=O) groups is 3. The van der Waals surface area contributed by atoms with Gasteiger partial charge in [-0.15, -0.1) is 0 Å². The molecule has 2 saturated carbocycles. The number of nitriles is 1. The quantitative estimate of drug-likeness (QED) is 0.175. The second-order valence-electron chi connectivity index (χ2n) is 18.9. The number of aliphatic hydroxyl groups is 2.